The number of nitrogens with zero attached hydrogens (tertiary/aromatic N) is 1. The zero-order valence-electron chi connectivity index (χ0n) is 9.75. The van der Waals surface area contributed by atoms with E-state index in [-0.39, 0.29) is 0 Å². The lowest BCUT2D eigenvalue weighted by molar-refractivity contribution is 0.276. The van der Waals surface area contributed by atoms with Crippen LogP contribution >= 0.6 is 19.8 Å². The Morgan fingerprint density at radius 2 is 2.00 bits per heavy atom. The molecule has 0 unspecified atom stereocenters. The molecule has 0 spiro atoms. The van der Waals surface area contributed by atoms with Crippen LogP contribution in [0.1, 0.15) is 5.56 Å². The van der Waals surface area contributed by atoms with Gasteiger partial charge in [0.1, 0.15) is 0 Å². The molecular weight excluding hydrogens is 257 g/mol. The van der Waals surface area contributed by atoms with E-state index >= 15 is 0 Å². The lowest BCUT2D eigenvalue weighted by Crippen LogP contribution is -1.98. The maximum absolute atomic E-state index is 11.9. The van der Waals surface area contributed by atoms with E-state index in [1.165, 1.54) is 14.2 Å². The van der Waals surface area contributed by atoms with Crippen molar-refractivity contribution >= 4 is 30.7 Å². The van der Waals surface area contributed by atoms with Crippen molar-refractivity contribution in [2.45, 2.75) is 6.42 Å². The van der Waals surface area contributed by atoms with Gasteiger partial charge >= 0.3 is 7.60 Å². The summed E-state index contributed by atoms with van der Waals surface area (Å²) < 4.78 is 21.6. The molecular formula is C11H14NO3PS. The quantitative estimate of drug-likeness (QED) is 0.451. The first-order valence-corrected chi connectivity index (χ1v) is 7.15. The van der Waals surface area contributed by atoms with Gasteiger partial charge < -0.3 is 9.05 Å². The van der Waals surface area contributed by atoms with Crippen molar-refractivity contribution in [1.29, 1.82) is 0 Å². The van der Waals surface area contributed by atoms with Gasteiger partial charge in [0.25, 0.3) is 0 Å². The van der Waals surface area contributed by atoms with Crippen molar-refractivity contribution in [2.24, 2.45) is 4.99 Å². The van der Waals surface area contributed by atoms with Crippen LogP contribution in [0.4, 0.5) is 5.69 Å². The van der Waals surface area contributed by atoms with Crippen molar-refractivity contribution in [2.75, 3.05) is 20.4 Å². The van der Waals surface area contributed by atoms with Crippen molar-refractivity contribution < 1.29 is 13.6 Å². The van der Waals surface area contributed by atoms with Crippen LogP contribution in [-0.2, 0) is 20.0 Å². The first-order valence-electron chi connectivity index (χ1n) is 5.01. The molecule has 6 heteroatoms. The highest BCUT2D eigenvalue weighted by Gasteiger charge is 2.20. The van der Waals surface area contributed by atoms with Gasteiger partial charge in [-0.2, -0.15) is 4.99 Å². The lowest BCUT2D eigenvalue weighted by Gasteiger charge is -2.13. The van der Waals surface area contributed by atoms with E-state index in [0.717, 1.165) is 11.3 Å². The third kappa shape index (κ3) is 4.15. The van der Waals surface area contributed by atoms with E-state index in [9.17, 15) is 4.57 Å². The highest BCUT2D eigenvalue weighted by Crippen LogP contribution is 2.46. The molecule has 1 rings (SSSR count). The van der Waals surface area contributed by atoms with Gasteiger partial charge in [0.2, 0.25) is 0 Å². The maximum atomic E-state index is 11.9. The molecule has 0 aromatic heterocycles. The van der Waals surface area contributed by atoms with Gasteiger partial charge in [0.05, 0.1) is 17.0 Å². The van der Waals surface area contributed by atoms with Crippen LogP contribution in [0.2, 0.25) is 0 Å². The highest BCUT2D eigenvalue weighted by molar-refractivity contribution is 7.78. The summed E-state index contributed by atoms with van der Waals surface area (Å²) in [7, 11) is -0.213. The number of aliphatic imine (C=N–C) groups is 1. The Bertz CT molecular complexity index is 464. The Morgan fingerprint density at radius 1 is 1.35 bits per heavy atom. The summed E-state index contributed by atoms with van der Waals surface area (Å²) in [4.78, 5) is 3.95. The topological polar surface area (TPSA) is 47.9 Å². The van der Waals surface area contributed by atoms with Crippen LogP contribution in [0.25, 0.3) is 0 Å². The summed E-state index contributed by atoms with van der Waals surface area (Å²) in [5.74, 6) is 0. The molecule has 0 saturated heterocycles. The minimum Gasteiger partial charge on any atom is -0.312 e. The summed E-state index contributed by atoms with van der Waals surface area (Å²) in [5, 5.41) is 2.33. The van der Waals surface area contributed by atoms with Gasteiger partial charge in [-0.25, -0.2) is 0 Å². The molecule has 1 aromatic carbocycles. The van der Waals surface area contributed by atoms with Crippen LogP contribution in [0.5, 0.6) is 0 Å². The van der Waals surface area contributed by atoms with Crippen LogP contribution in [0.15, 0.2) is 29.3 Å². The number of rotatable bonds is 6. The molecule has 0 heterocycles. The normalized spacial score (nSPS) is 10.9. The summed E-state index contributed by atoms with van der Waals surface area (Å²) in [6.45, 7) is 0. The second-order valence-electron chi connectivity index (χ2n) is 3.28. The van der Waals surface area contributed by atoms with E-state index in [2.05, 4.69) is 22.4 Å². The summed E-state index contributed by atoms with van der Waals surface area (Å²) in [6, 6.07) is 7.49. The lowest BCUT2D eigenvalue weighted by atomic mass is 10.1. The molecule has 17 heavy (non-hydrogen) atoms. The van der Waals surface area contributed by atoms with Crippen molar-refractivity contribution in [3.8, 4) is 0 Å². The zero-order valence-corrected chi connectivity index (χ0v) is 11.5. The van der Waals surface area contributed by atoms with Crippen LogP contribution in [-0.4, -0.2) is 25.5 Å². The van der Waals surface area contributed by atoms with Gasteiger partial charge in [-0.1, -0.05) is 18.2 Å². The molecule has 0 aliphatic carbocycles. The monoisotopic (exact) mass is 271 g/mol. The van der Waals surface area contributed by atoms with Gasteiger partial charge in [0, 0.05) is 14.2 Å². The van der Waals surface area contributed by atoms with Crippen molar-refractivity contribution in [1.82, 2.24) is 0 Å². The Kier molecular flexibility index (Phi) is 5.69. The fourth-order valence-corrected chi connectivity index (χ4v) is 2.52. The van der Waals surface area contributed by atoms with Crippen LogP contribution < -0.4 is 0 Å². The highest BCUT2D eigenvalue weighted by atomic mass is 32.1. The largest absolute Gasteiger partial charge is 0.330 e. The SMILES string of the molecule is COP(=O)(CCc1ccccc1N=C=S)OC. The number of aryl methyl sites for hydroxylation is 1. The molecule has 0 saturated carbocycles. The summed E-state index contributed by atoms with van der Waals surface area (Å²) in [6.07, 6.45) is 0.861. The average molecular weight is 271 g/mol. The second-order valence-corrected chi connectivity index (χ2v) is 5.86. The number of thiocarbonyl (C=S) groups is 1. The molecule has 92 valence electrons. The molecule has 1 aromatic rings. The number of isothiocyanates is 1. The Labute approximate surface area is 106 Å². The Hall–Kier alpha value is -0.830. The van der Waals surface area contributed by atoms with Gasteiger partial charge in [0.15, 0.2) is 0 Å². The predicted octanol–water partition coefficient (Wildman–Crippen LogP) is 3.45. The van der Waals surface area contributed by atoms with Crippen molar-refractivity contribution in [3.05, 3.63) is 29.8 Å². The van der Waals surface area contributed by atoms with E-state index < -0.39 is 7.60 Å². The molecule has 0 fully saturated rings. The third-order valence-electron chi connectivity index (χ3n) is 2.37. The zero-order chi connectivity index (χ0) is 12.7. The fraction of sp³-hybridized carbons (Fsp3) is 0.364. The summed E-state index contributed by atoms with van der Waals surface area (Å²) >= 11 is 4.58. The standard InChI is InChI=1S/C11H14NO3PS/c1-14-16(13,15-2)8-7-10-5-3-4-6-11(10)12-9-17/h3-6H,7-8H2,1-2H3. The summed E-state index contributed by atoms with van der Waals surface area (Å²) in [5.41, 5.74) is 1.68. The molecule has 0 amide bonds. The first kappa shape index (κ1) is 14.2. The molecule has 0 aliphatic rings. The molecule has 0 atom stereocenters. The third-order valence-corrected chi connectivity index (χ3v) is 4.34. The van der Waals surface area contributed by atoms with Gasteiger partial charge in [-0.05, 0) is 30.3 Å². The van der Waals surface area contributed by atoms with E-state index in [0.29, 0.717) is 12.6 Å². The maximum Gasteiger partial charge on any atom is 0.330 e. The van der Waals surface area contributed by atoms with Crippen molar-refractivity contribution in [3.63, 3.8) is 0 Å². The van der Waals surface area contributed by atoms with E-state index in [4.69, 9.17) is 9.05 Å². The molecule has 0 radical (unpaired) electrons. The van der Waals surface area contributed by atoms with E-state index in [1.54, 1.807) is 0 Å². The number of hydrogen-bond donors (Lipinski definition) is 0. The fourth-order valence-electron chi connectivity index (χ4n) is 1.39. The van der Waals surface area contributed by atoms with Gasteiger partial charge in [-0.3, -0.25) is 4.57 Å². The Morgan fingerprint density at radius 3 is 2.59 bits per heavy atom. The minimum absolute atomic E-state index is 0.309. The Balaban J connectivity index is 2.82. The number of para-hydroxylation sites is 1. The molecule has 0 bridgehead atoms. The van der Waals surface area contributed by atoms with Gasteiger partial charge in [-0.15, -0.1) is 0 Å². The predicted molar refractivity (Wildman–Crippen MR) is 71.3 cm³/mol. The van der Waals surface area contributed by atoms with Crippen LogP contribution in [0, 0.1) is 0 Å². The first-order chi connectivity index (χ1) is 8.15. The second kappa shape index (κ2) is 6.80. The van der Waals surface area contributed by atoms with Crippen LogP contribution in [0.3, 0.4) is 0 Å². The number of hydrogen-bond acceptors (Lipinski definition) is 5. The number of benzene rings is 1. The molecule has 0 N–H and O–H groups in total. The van der Waals surface area contributed by atoms with E-state index in [1.807, 2.05) is 24.3 Å². The smallest absolute Gasteiger partial charge is 0.312 e. The minimum atomic E-state index is -2.97. The molecule has 0 aliphatic heterocycles. The molecule has 4 nitrogen and oxygen atoms in total. The average Bonchev–Trinajstić information content (AvgIpc) is 2.38.